The molecule has 0 amide bonds. The smallest absolute Gasteiger partial charge is 0.159 e. The minimum absolute atomic E-state index is 0.115. The van der Waals surface area contributed by atoms with Crippen LogP contribution in [0.3, 0.4) is 0 Å². The van der Waals surface area contributed by atoms with E-state index in [-0.39, 0.29) is 11.0 Å². The summed E-state index contributed by atoms with van der Waals surface area (Å²) in [6, 6.07) is 7.92. The number of hydrogen-bond acceptors (Lipinski definition) is 3. The maximum atomic E-state index is 12.1. The summed E-state index contributed by atoms with van der Waals surface area (Å²) >= 11 is 0. The first-order chi connectivity index (χ1) is 11.3. The van der Waals surface area contributed by atoms with Crippen molar-refractivity contribution in [2.75, 3.05) is 5.75 Å². The van der Waals surface area contributed by atoms with E-state index in [0.717, 1.165) is 44.1 Å². The number of benzene rings is 1. The molecule has 1 aromatic rings. The molecule has 0 aromatic heterocycles. The fourth-order valence-electron chi connectivity index (χ4n) is 3.52. The van der Waals surface area contributed by atoms with Crippen LogP contribution in [0.4, 0.5) is 0 Å². The van der Waals surface area contributed by atoms with Gasteiger partial charge in [0.2, 0.25) is 0 Å². The Morgan fingerprint density at radius 3 is 2.33 bits per heavy atom. The van der Waals surface area contributed by atoms with Gasteiger partial charge in [-0.1, -0.05) is 31.0 Å². The highest BCUT2D eigenvalue weighted by atomic mass is 32.2. The number of Topliss-reactive ketones (excluding diaryl/α,β-unsaturated/α-hetero) is 1. The maximum Gasteiger partial charge on any atom is 0.159 e. The highest BCUT2D eigenvalue weighted by molar-refractivity contribution is 7.91. The summed E-state index contributed by atoms with van der Waals surface area (Å²) in [4.78, 5) is 11.5. The first kappa shape index (κ1) is 19.2. The summed E-state index contributed by atoms with van der Waals surface area (Å²) in [5.41, 5.74) is 2.02. The van der Waals surface area contributed by atoms with Gasteiger partial charge < -0.3 is 0 Å². The van der Waals surface area contributed by atoms with Crippen molar-refractivity contribution in [2.45, 2.75) is 64.5 Å². The van der Waals surface area contributed by atoms with Gasteiger partial charge in [-0.2, -0.15) is 0 Å². The number of carbonyl (C=O) groups excluding carboxylic acids is 1. The molecule has 0 heterocycles. The third-order valence-electron chi connectivity index (χ3n) is 5.33. The Hall–Kier alpha value is -1.16. The number of hydrogen-bond donors (Lipinski definition) is 0. The normalized spacial score (nSPS) is 21.8. The molecule has 2 rings (SSSR count). The Kier molecular flexibility index (Phi) is 6.62. The van der Waals surface area contributed by atoms with E-state index in [1.165, 1.54) is 5.56 Å². The summed E-state index contributed by atoms with van der Waals surface area (Å²) in [5, 5.41) is -0.260. The van der Waals surface area contributed by atoms with Gasteiger partial charge >= 0.3 is 0 Å². The summed E-state index contributed by atoms with van der Waals surface area (Å²) < 4.78 is 24.1. The predicted octanol–water partition coefficient (Wildman–Crippen LogP) is 4.45. The molecule has 4 heteroatoms. The second-order valence-corrected chi connectivity index (χ2v) is 10.2. The lowest BCUT2D eigenvalue weighted by Gasteiger charge is -2.28. The lowest BCUT2D eigenvalue weighted by Crippen LogP contribution is -2.26. The highest BCUT2D eigenvalue weighted by Crippen LogP contribution is 2.33. The number of sulfone groups is 1. The summed E-state index contributed by atoms with van der Waals surface area (Å²) in [5.74, 6) is 1.50. The highest BCUT2D eigenvalue weighted by Gasteiger charge is 2.27. The molecular formula is C20H30O3S. The standard InChI is InChI=1S/C20H30O3S/c1-15(2)24(22,23)14-19-11-8-17(9-12-19)7-10-18-5-4-6-20(13-18)16(3)21/h4-6,13,15,17,19H,7-12,14H2,1-3H3. The third-order valence-corrected chi connectivity index (χ3v) is 7.70. The van der Waals surface area contributed by atoms with E-state index < -0.39 is 9.84 Å². The Balaban J connectivity index is 1.79. The van der Waals surface area contributed by atoms with Crippen LogP contribution >= 0.6 is 0 Å². The zero-order valence-corrected chi connectivity index (χ0v) is 15.9. The summed E-state index contributed by atoms with van der Waals surface area (Å²) in [6.07, 6.45) is 6.45. The second kappa shape index (κ2) is 8.28. The zero-order chi connectivity index (χ0) is 17.7. The van der Waals surface area contributed by atoms with E-state index in [1.54, 1.807) is 20.8 Å². The molecule has 1 fully saturated rings. The minimum atomic E-state index is -2.92. The van der Waals surface area contributed by atoms with Gasteiger partial charge in [-0.3, -0.25) is 4.79 Å². The van der Waals surface area contributed by atoms with Crippen molar-refractivity contribution in [3.8, 4) is 0 Å². The lowest BCUT2D eigenvalue weighted by molar-refractivity contribution is 0.101. The fraction of sp³-hybridized carbons (Fsp3) is 0.650. The molecular weight excluding hydrogens is 320 g/mol. The molecule has 1 aromatic carbocycles. The van der Waals surface area contributed by atoms with E-state index in [1.807, 2.05) is 18.2 Å². The van der Waals surface area contributed by atoms with Gasteiger partial charge in [-0.25, -0.2) is 8.42 Å². The van der Waals surface area contributed by atoms with Gasteiger partial charge in [0.1, 0.15) is 0 Å². The maximum absolute atomic E-state index is 12.1. The zero-order valence-electron chi connectivity index (χ0n) is 15.1. The van der Waals surface area contributed by atoms with Gasteiger partial charge in [0.15, 0.2) is 15.6 Å². The molecule has 0 N–H and O–H groups in total. The van der Waals surface area contributed by atoms with Crippen LogP contribution in [0.5, 0.6) is 0 Å². The largest absolute Gasteiger partial charge is 0.295 e. The van der Waals surface area contributed by atoms with E-state index in [9.17, 15) is 13.2 Å². The Labute approximate surface area is 146 Å². The van der Waals surface area contributed by atoms with Crippen LogP contribution in [0.25, 0.3) is 0 Å². The van der Waals surface area contributed by atoms with Crippen LogP contribution in [0, 0.1) is 11.8 Å². The van der Waals surface area contributed by atoms with Crippen LogP contribution in [0.1, 0.15) is 68.8 Å². The number of rotatable bonds is 7. The van der Waals surface area contributed by atoms with Crippen molar-refractivity contribution in [1.29, 1.82) is 0 Å². The number of ketones is 1. The van der Waals surface area contributed by atoms with Crippen molar-refractivity contribution in [1.82, 2.24) is 0 Å². The molecule has 24 heavy (non-hydrogen) atoms. The molecule has 0 spiro atoms. The Morgan fingerprint density at radius 2 is 1.75 bits per heavy atom. The molecule has 134 valence electrons. The average molecular weight is 351 g/mol. The van der Waals surface area contributed by atoms with Crippen LogP contribution < -0.4 is 0 Å². The second-order valence-electron chi connectivity index (χ2n) is 7.56. The van der Waals surface area contributed by atoms with Gasteiger partial charge in [-0.05, 0) is 69.9 Å². The van der Waals surface area contributed by atoms with Crippen LogP contribution in [-0.2, 0) is 16.3 Å². The topological polar surface area (TPSA) is 51.2 Å². The molecule has 0 atom stereocenters. The van der Waals surface area contributed by atoms with Crippen molar-refractivity contribution >= 4 is 15.6 Å². The Bertz CT molecular complexity index is 653. The van der Waals surface area contributed by atoms with Crippen molar-refractivity contribution in [2.24, 2.45) is 11.8 Å². The van der Waals surface area contributed by atoms with Crippen molar-refractivity contribution in [3.05, 3.63) is 35.4 Å². The van der Waals surface area contributed by atoms with Gasteiger partial charge in [0.25, 0.3) is 0 Å². The Morgan fingerprint density at radius 1 is 1.12 bits per heavy atom. The molecule has 0 bridgehead atoms. The average Bonchev–Trinajstić information content (AvgIpc) is 2.54. The molecule has 1 aliphatic rings. The quantitative estimate of drug-likeness (QED) is 0.683. The van der Waals surface area contributed by atoms with Gasteiger partial charge in [0, 0.05) is 5.56 Å². The van der Waals surface area contributed by atoms with Crippen molar-refractivity contribution in [3.63, 3.8) is 0 Å². The van der Waals surface area contributed by atoms with Gasteiger partial charge in [-0.15, -0.1) is 0 Å². The first-order valence-electron chi connectivity index (χ1n) is 9.09. The SMILES string of the molecule is CC(=O)c1cccc(CCC2CCC(CS(=O)(=O)C(C)C)CC2)c1. The van der Waals surface area contributed by atoms with Gasteiger partial charge in [0.05, 0.1) is 11.0 Å². The summed E-state index contributed by atoms with van der Waals surface area (Å²) in [6.45, 7) is 5.15. The first-order valence-corrected chi connectivity index (χ1v) is 10.8. The van der Waals surface area contributed by atoms with Crippen LogP contribution in [0.15, 0.2) is 24.3 Å². The number of carbonyl (C=O) groups is 1. The molecule has 0 radical (unpaired) electrons. The van der Waals surface area contributed by atoms with E-state index in [0.29, 0.717) is 17.6 Å². The molecule has 1 saturated carbocycles. The third kappa shape index (κ3) is 5.44. The monoisotopic (exact) mass is 350 g/mol. The number of aryl methyl sites for hydroxylation is 1. The van der Waals surface area contributed by atoms with Crippen molar-refractivity contribution < 1.29 is 13.2 Å². The molecule has 0 saturated heterocycles. The fourth-order valence-corrected chi connectivity index (χ4v) is 4.90. The van der Waals surface area contributed by atoms with E-state index >= 15 is 0 Å². The van der Waals surface area contributed by atoms with Crippen LogP contribution in [-0.4, -0.2) is 25.2 Å². The minimum Gasteiger partial charge on any atom is -0.295 e. The van der Waals surface area contributed by atoms with E-state index in [4.69, 9.17) is 0 Å². The molecule has 1 aliphatic carbocycles. The predicted molar refractivity (Wildman–Crippen MR) is 99.1 cm³/mol. The van der Waals surface area contributed by atoms with Crippen LogP contribution in [0.2, 0.25) is 0 Å². The molecule has 0 unspecified atom stereocenters. The lowest BCUT2D eigenvalue weighted by atomic mass is 9.80. The molecule has 3 nitrogen and oxygen atoms in total. The van der Waals surface area contributed by atoms with E-state index in [2.05, 4.69) is 6.07 Å². The molecule has 0 aliphatic heterocycles. The summed E-state index contributed by atoms with van der Waals surface area (Å²) in [7, 11) is -2.92.